The number of benzene rings is 3. The molecule has 4 aromatic rings. The van der Waals surface area contributed by atoms with Crippen LogP contribution in [-0.4, -0.2) is 9.91 Å². The van der Waals surface area contributed by atoms with E-state index in [0.717, 1.165) is 22.3 Å². The summed E-state index contributed by atoms with van der Waals surface area (Å²) in [5.41, 5.74) is 5.09. The van der Waals surface area contributed by atoms with E-state index in [0.29, 0.717) is 11.3 Å². The van der Waals surface area contributed by atoms with Crippen molar-refractivity contribution in [2.24, 2.45) is 0 Å². The van der Waals surface area contributed by atoms with Gasteiger partial charge < -0.3 is 0 Å². The van der Waals surface area contributed by atoms with Gasteiger partial charge in [-0.1, -0.05) is 72.8 Å². The van der Waals surface area contributed by atoms with Crippen molar-refractivity contribution in [1.82, 2.24) is 4.98 Å². The molecule has 0 aliphatic carbocycles. The van der Waals surface area contributed by atoms with E-state index >= 15 is 0 Å². The van der Waals surface area contributed by atoms with Crippen LogP contribution in [0.3, 0.4) is 0 Å². The number of nitrogens with zero attached hydrogens (tertiary/aromatic N) is 2. The Morgan fingerprint density at radius 3 is 2.07 bits per heavy atom. The van der Waals surface area contributed by atoms with Crippen molar-refractivity contribution >= 4 is 5.69 Å². The Balaban J connectivity index is 1.91. The highest BCUT2D eigenvalue weighted by Gasteiger charge is 2.14. The van der Waals surface area contributed by atoms with E-state index in [1.54, 1.807) is 18.3 Å². The van der Waals surface area contributed by atoms with E-state index in [1.165, 1.54) is 6.07 Å². The van der Waals surface area contributed by atoms with Crippen LogP contribution in [0.2, 0.25) is 0 Å². The van der Waals surface area contributed by atoms with E-state index in [9.17, 15) is 10.1 Å². The van der Waals surface area contributed by atoms with Gasteiger partial charge in [-0.2, -0.15) is 0 Å². The molecule has 4 heteroatoms. The summed E-state index contributed by atoms with van der Waals surface area (Å²) in [5, 5.41) is 11.2. The first-order valence-electron chi connectivity index (χ1n) is 8.50. The van der Waals surface area contributed by atoms with Gasteiger partial charge in [0.2, 0.25) is 0 Å². The smallest absolute Gasteiger partial charge is 0.258 e. The maximum absolute atomic E-state index is 11.2. The first-order chi connectivity index (χ1) is 13.2. The van der Waals surface area contributed by atoms with Crippen LogP contribution in [0.1, 0.15) is 0 Å². The Morgan fingerprint density at radius 1 is 0.778 bits per heavy atom. The summed E-state index contributed by atoms with van der Waals surface area (Å²) in [6, 6.07) is 29.8. The van der Waals surface area contributed by atoms with E-state index in [1.807, 2.05) is 66.7 Å². The SMILES string of the molecule is O=[N+]([O-])c1cccc(-c2ncc(-c3ccccc3)[c]c2-c2ccccc2)c1. The van der Waals surface area contributed by atoms with Crippen molar-refractivity contribution < 1.29 is 4.92 Å². The van der Waals surface area contributed by atoms with Crippen molar-refractivity contribution in [3.05, 3.63) is 107 Å². The van der Waals surface area contributed by atoms with E-state index in [4.69, 9.17) is 0 Å². The number of hydrogen-bond donors (Lipinski definition) is 0. The minimum Gasteiger partial charge on any atom is -0.258 e. The van der Waals surface area contributed by atoms with Crippen LogP contribution in [0, 0.1) is 16.2 Å². The molecule has 0 unspecified atom stereocenters. The summed E-state index contributed by atoms with van der Waals surface area (Å²) in [7, 11) is 0. The lowest BCUT2D eigenvalue weighted by Crippen LogP contribution is -1.93. The molecule has 0 amide bonds. The van der Waals surface area contributed by atoms with Crippen LogP contribution in [0.15, 0.2) is 91.1 Å². The van der Waals surface area contributed by atoms with Crippen molar-refractivity contribution in [3.8, 4) is 33.5 Å². The van der Waals surface area contributed by atoms with Gasteiger partial charge in [-0.05, 0) is 11.1 Å². The molecule has 129 valence electrons. The minimum absolute atomic E-state index is 0.0421. The van der Waals surface area contributed by atoms with Crippen LogP contribution in [0.4, 0.5) is 5.69 Å². The lowest BCUT2D eigenvalue weighted by atomic mass is 9.96. The maximum Gasteiger partial charge on any atom is 0.270 e. The molecule has 0 N–H and O–H groups in total. The summed E-state index contributed by atoms with van der Waals surface area (Å²) in [6.45, 7) is 0. The molecule has 0 bridgehead atoms. The van der Waals surface area contributed by atoms with Gasteiger partial charge >= 0.3 is 0 Å². The van der Waals surface area contributed by atoms with Crippen molar-refractivity contribution in [3.63, 3.8) is 0 Å². The molecule has 27 heavy (non-hydrogen) atoms. The lowest BCUT2D eigenvalue weighted by Gasteiger charge is -2.11. The highest BCUT2D eigenvalue weighted by atomic mass is 16.6. The fourth-order valence-corrected chi connectivity index (χ4v) is 2.98. The molecule has 4 nitrogen and oxygen atoms in total. The van der Waals surface area contributed by atoms with Gasteiger partial charge in [0.25, 0.3) is 5.69 Å². The number of rotatable bonds is 4. The summed E-state index contributed by atoms with van der Waals surface area (Å²) < 4.78 is 0. The van der Waals surface area contributed by atoms with E-state index < -0.39 is 4.92 Å². The topological polar surface area (TPSA) is 56.0 Å². The zero-order valence-corrected chi connectivity index (χ0v) is 14.4. The molecule has 0 fully saturated rings. The number of hydrogen-bond acceptors (Lipinski definition) is 3. The van der Waals surface area contributed by atoms with Gasteiger partial charge in [0.15, 0.2) is 0 Å². The Bertz CT molecular complexity index is 1090. The highest BCUT2D eigenvalue weighted by molar-refractivity contribution is 5.84. The third-order valence-electron chi connectivity index (χ3n) is 4.30. The Hall–Kier alpha value is -3.79. The molecular formula is C23H15N2O2. The maximum atomic E-state index is 11.2. The van der Waals surface area contributed by atoms with Gasteiger partial charge in [-0.3, -0.25) is 15.1 Å². The molecule has 1 radical (unpaired) electrons. The predicted molar refractivity (Wildman–Crippen MR) is 106 cm³/mol. The Labute approximate surface area is 156 Å². The third kappa shape index (κ3) is 3.46. The minimum atomic E-state index is -0.395. The normalized spacial score (nSPS) is 10.5. The fraction of sp³-hybridized carbons (Fsp3) is 0. The quantitative estimate of drug-likeness (QED) is 0.345. The number of non-ortho nitro benzene ring substituents is 1. The van der Waals surface area contributed by atoms with E-state index in [2.05, 4.69) is 11.1 Å². The third-order valence-corrected chi connectivity index (χ3v) is 4.30. The van der Waals surface area contributed by atoms with Gasteiger partial charge in [-0.15, -0.1) is 0 Å². The van der Waals surface area contributed by atoms with Crippen molar-refractivity contribution in [2.45, 2.75) is 0 Å². The standard InChI is InChI=1S/C23H15N2O2/c26-25(27)21-13-7-12-19(14-21)23-22(18-10-5-2-6-11-18)15-20(16-24-23)17-8-3-1-4-9-17/h1-14,16H. The average molecular weight is 351 g/mol. The van der Waals surface area contributed by atoms with E-state index in [-0.39, 0.29) is 5.69 Å². The molecule has 3 aromatic carbocycles. The second-order valence-electron chi connectivity index (χ2n) is 6.06. The van der Waals surface area contributed by atoms with Crippen molar-refractivity contribution in [1.29, 1.82) is 0 Å². The molecule has 0 aliphatic heterocycles. The van der Waals surface area contributed by atoms with Crippen LogP contribution in [0.5, 0.6) is 0 Å². The van der Waals surface area contributed by atoms with Gasteiger partial charge in [0.1, 0.15) is 0 Å². The summed E-state index contributed by atoms with van der Waals surface area (Å²) in [6.07, 6.45) is 1.76. The molecule has 0 aliphatic rings. The Morgan fingerprint density at radius 2 is 1.41 bits per heavy atom. The van der Waals surface area contributed by atoms with Crippen LogP contribution in [0.25, 0.3) is 33.5 Å². The molecule has 1 heterocycles. The fourth-order valence-electron chi connectivity index (χ4n) is 2.98. The second-order valence-corrected chi connectivity index (χ2v) is 6.06. The van der Waals surface area contributed by atoms with Gasteiger partial charge in [0.05, 0.1) is 10.6 Å². The van der Waals surface area contributed by atoms with Crippen LogP contribution in [-0.2, 0) is 0 Å². The number of pyridine rings is 1. The molecule has 0 saturated heterocycles. The molecule has 4 rings (SSSR count). The van der Waals surface area contributed by atoms with Crippen LogP contribution >= 0.6 is 0 Å². The number of nitro benzene ring substituents is 1. The highest BCUT2D eigenvalue weighted by Crippen LogP contribution is 2.34. The second kappa shape index (κ2) is 7.22. The zero-order chi connectivity index (χ0) is 18.6. The van der Waals surface area contributed by atoms with Gasteiger partial charge in [0, 0.05) is 41.1 Å². The summed E-state index contributed by atoms with van der Waals surface area (Å²) >= 11 is 0. The summed E-state index contributed by atoms with van der Waals surface area (Å²) in [4.78, 5) is 15.4. The average Bonchev–Trinajstić information content (AvgIpc) is 2.74. The number of nitro groups is 1. The zero-order valence-electron chi connectivity index (χ0n) is 14.4. The molecule has 0 saturated carbocycles. The van der Waals surface area contributed by atoms with Gasteiger partial charge in [-0.25, -0.2) is 0 Å². The van der Waals surface area contributed by atoms with Crippen LogP contribution < -0.4 is 0 Å². The number of aromatic nitrogens is 1. The lowest BCUT2D eigenvalue weighted by molar-refractivity contribution is -0.384. The molecule has 0 atom stereocenters. The predicted octanol–water partition coefficient (Wildman–Crippen LogP) is 5.79. The monoisotopic (exact) mass is 351 g/mol. The molecular weight excluding hydrogens is 336 g/mol. The first-order valence-corrected chi connectivity index (χ1v) is 8.50. The molecule has 0 spiro atoms. The Kier molecular flexibility index (Phi) is 4.45. The molecule has 1 aromatic heterocycles. The first kappa shape index (κ1) is 16.7. The largest absolute Gasteiger partial charge is 0.270 e. The summed E-state index contributed by atoms with van der Waals surface area (Å²) in [5.74, 6) is 0. The van der Waals surface area contributed by atoms with Crippen molar-refractivity contribution in [2.75, 3.05) is 0 Å².